The molecule has 63 heavy (non-hydrogen) atoms. The van der Waals surface area contributed by atoms with Gasteiger partial charge in [0.2, 0.25) is 11.8 Å². The van der Waals surface area contributed by atoms with Crippen molar-refractivity contribution in [3.05, 3.63) is 42.7 Å². The highest BCUT2D eigenvalue weighted by Gasteiger charge is 2.62. The fourth-order valence-corrected chi connectivity index (χ4v) is 8.96. The van der Waals surface area contributed by atoms with Crippen LogP contribution in [0.4, 0.5) is 10.6 Å². The molecule has 1 aromatic carbocycles. The zero-order valence-electron chi connectivity index (χ0n) is 37.1. The molecule has 3 aliphatic heterocycles. The van der Waals surface area contributed by atoms with Gasteiger partial charge in [-0.05, 0) is 66.4 Å². The van der Waals surface area contributed by atoms with E-state index in [1.807, 2.05) is 48.8 Å². The molecule has 3 aromatic rings. The number of carbonyl (C=O) groups is 4. The highest BCUT2D eigenvalue weighted by atomic mass is 32.2. The van der Waals surface area contributed by atoms with E-state index in [0.29, 0.717) is 37.3 Å². The molecule has 3 N–H and O–H groups in total. The zero-order chi connectivity index (χ0) is 45.3. The maximum absolute atomic E-state index is 14.7. The first-order chi connectivity index (χ1) is 29.9. The van der Waals surface area contributed by atoms with Crippen LogP contribution in [0.15, 0.2) is 42.7 Å². The van der Waals surface area contributed by atoms with Crippen molar-refractivity contribution in [1.29, 1.82) is 0 Å². The monoisotopic (exact) mass is 892 g/mol. The second-order valence-corrected chi connectivity index (χ2v) is 20.0. The minimum Gasteiger partial charge on any atom is -0.459 e. The number of nitrogens with zero attached hydrogens (tertiary/aromatic N) is 7. The number of hydrogen-bond acceptors (Lipinski definition) is 13. The van der Waals surface area contributed by atoms with E-state index in [9.17, 15) is 27.6 Å². The van der Waals surface area contributed by atoms with Gasteiger partial charge in [-0.25, -0.2) is 14.5 Å². The van der Waals surface area contributed by atoms with Crippen molar-refractivity contribution in [3.63, 3.8) is 0 Å². The summed E-state index contributed by atoms with van der Waals surface area (Å²) in [5.74, 6) is -1.77. The van der Waals surface area contributed by atoms with Crippen LogP contribution in [0.5, 0.6) is 6.01 Å². The predicted octanol–water partition coefficient (Wildman–Crippen LogP) is 3.47. The number of anilines is 1. The summed E-state index contributed by atoms with van der Waals surface area (Å²) >= 11 is 0. The number of amides is 4. The molecule has 1 saturated carbocycles. The Morgan fingerprint density at radius 1 is 1.06 bits per heavy atom. The van der Waals surface area contributed by atoms with Crippen molar-refractivity contribution < 1.29 is 41.8 Å². The van der Waals surface area contributed by atoms with Crippen molar-refractivity contribution in [2.45, 2.75) is 115 Å². The molecule has 4 amide bonds. The van der Waals surface area contributed by atoms with E-state index in [1.165, 1.54) is 19.0 Å². The van der Waals surface area contributed by atoms with Gasteiger partial charge in [0.05, 0.1) is 43.4 Å². The average Bonchev–Trinajstić information content (AvgIpc) is 3.54. The van der Waals surface area contributed by atoms with E-state index in [0.717, 1.165) is 47.1 Å². The van der Waals surface area contributed by atoms with Crippen LogP contribution >= 0.6 is 0 Å². The molecular weight excluding hydrogens is 833 g/mol. The summed E-state index contributed by atoms with van der Waals surface area (Å²) < 4.78 is 48.3. The smallest absolute Gasteiger partial charge is 0.408 e. The summed E-state index contributed by atoms with van der Waals surface area (Å²) in [6.07, 6.45) is 8.95. The largest absolute Gasteiger partial charge is 0.459 e. The Kier molecular flexibility index (Phi) is 13.3. The van der Waals surface area contributed by atoms with Crippen molar-refractivity contribution in [2.24, 2.45) is 5.92 Å². The fraction of sp³-hybridized carbons (Fsp3) is 0.605. The molecular formula is C43H60N10O9S. The second-order valence-electron chi connectivity index (χ2n) is 18.1. The Morgan fingerprint density at radius 3 is 2.51 bits per heavy atom. The van der Waals surface area contributed by atoms with Gasteiger partial charge in [0.1, 0.15) is 40.7 Å². The molecule has 19 nitrogen and oxygen atoms in total. The Bertz CT molecular complexity index is 2320. The lowest BCUT2D eigenvalue weighted by Crippen LogP contribution is -2.58. The Labute approximate surface area is 368 Å². The Morgan fingerprint density at radius 2 is 1.83 bits per heavy atom. The summed E-state index contributed by atoms with van der Waals surface area (Å²) in [5, 5.41) is 5.64. The quantitative estimate of drug-likeness (QED) is 0.263. The van der Waals surface area contributed by atoms with Crippen LogP contribution in [-0.2, 0) is 34.1 Å². The molecule has 4 aliphatic rings. The third-order valence-electron chi connectivity index (χ3n) is 11.8. The van der Waals surface area contributed by atoms with Crippen molar-refractivity contribution in [3.8, 4) is 17.3 Å². The first-order valence-corrected chi connectivity index (χ1v) is 23.2. The standard InChI is InChI=1S/C43H60N10O9S/c1-27(2)53-33-17-13-15-30(32-24-45-35(25-44-32)51-18-20-60-21-19-51)36(33)47-40(53)61-29-22-34-37(54)48-43(39(56)49-63(58,59)50(6)7)23-28(43)14-11-9-8-10-12-16-31(38(55)52(34)26-29)46-41(57)62-42(3,4)5/h11,13-15,17,24-25,27-29,31,34H,8-10,12,16,18-23,26H2,1-7H3,(H,46,57)(H,48,54)(H,49,56)/b14-11-/t28-,29+,31-,34-,43+/m0/s1. The van der Waals surface area contributed by atoms with Crippen LogP contribution < -0.4 is 25.0 Å². The van der Waals surface area contributed by atoms with Gasteiger partial charge in [-0.3, -0.25) is 23.9 Å². The first-order valence-electron chi connectivity index (χ1n) is 21.7. The minimum absolute atomic E-state index is 0.00751. The highest BCUT2D eigenvalue weighted by molar-refractivity contribution is 7.87. The summed E-state index contributed by atoms with van der Waals surface area (Å²) in [4.78, 5) is 74.3. The molecule has 3 fully saturated rings. The number of imidazole rings is 1. The third kappa shape index (κ3) is 10.2. The number of morpholine rings is 1. The maximum atomic E-state index is 14.7. The van der Waals surface area contributed by atoms with Crippen LogP contribution in [0.3, 0.4) is 0 Å². The molecule has 0 radical (unpaired) electrons. The Balaban J connectivity index is 1.21. The number of nitrogens with one attached hydrogen (secondary N) is 3. The minimum atomic E-state index is -4.19. The average molecular weight is 893 g/mol. The number of ether oxygens (including phenoxy) is 3. The van der Waals surface area contributed by atoms with Crippen LogP contribution in [0.2, 0.25) is 0 Å². The number of fused-ring (bicyclic) bond motifs is 3. The van der Waals surface area contributed by atoms with Crippen molar-refractivity contribution >= 4 is 50.9 Å². The lowest BCUT2D eigenvalue weighted by Gasteiger charge is -2.30. The number of para-hydroxylation sites is 1. The molecule has 2 saturated heterocycles. The summed E-state index contributed by atoms with van der Waals surface area (Å²) in [6.45, 7) is 11.8. The predicted molar refractivity (Wildman–Crippen MR) is 234 cm³/mol. The summed E-state index contributed by atoms with van der Waals surface area (Å²) in [6, 6.07) is 3.73. The van der Waals surface area contributed by atoms with Crippen LogP contribution in [0.25, 0.3) is 22.3 Å². The fourth-order valence-electron chi connectivity index (χ4n) is 8.36. The topological polar surface area (TPSA) is 220 Å². The van der Waals surface area contributed by atoms with Crippen LogP contribution in [-0.4, -0.2) is 137 Å². The number of allylic oxidation sites excluding steroid dienone is 1. The number of hydrogen-bond donors (Lipinski definition) is 3. The van der Waals surface area contributed by atoms with E-state index in [4.69, 9.17) is 29.2 Å². The number of carbonyl (C=O) groups excluding carboxylic acids is 4. The van der Waals surface area contributed by atoms with Gasteiger partial charge in [-0.2, -0.15) is 17.7 Å². The van der Waals surface area contributed by atoms with Crippen molar-refractivity contribution in [1.82, 2.24) is 44.1 Å². The normalized spacial score (nSPS) is 25.4. The maximum Gasteiger partial charge on any atom is 0.408 e. The molecule has 0 unspecified atom stereocenters. The molecule has 2 aromatic heterocycles. The number of benzene rings is 1. The lowest BCUT2D eigenvalue weighted by atomic mass is 10.0. The number of aromatic nitrogens is 4. The first kappa shape index (κ1) is 45.7. The molecule has 0 bridgehead atoms. The Hall–Kier alpha value is -5.34. The molecule has 342 valence electrons. The number of alkyl carbamates (subject to hydrolysis) is 1. The third-order valence-corrected chi connectivity index (χ3v) is 13.2. The van der Waals surface area contributed by atoms with Crippen LogP contribution in [0.1, 0.15) is 85.6 Å². The summed E-state index contributed by atoms with van der Waals surface area (Å²) in [5.41, 5.74) is 0.379. The highest BCUT2D eigenvalue weighted by Crippen LogP contribution is 2.46. The molecule has 7 rings (SSSR count). The van der Waals surface area contributed by atoms with Gasteiger partial charge in [-0.1, -0.05) is 37.1 Å². The van der Waals surface area contributed by atoms with Gasteiger partial charge in [0.15, 0.2) is 0 Å². The van der Waals surface area contributed by atoms with E-state index in [-0.39, 0.29) is 37.9 Å². The van der Waals surface area contributed by atoms with E-state index in [1.54, 1.807) is 33.2 Å². The molecule has 0 spiro atoms. The van der Waals surface area contributed by atoms with Crippen molar-refractivity contribution in [2.75, 3.05) is 51.8 Å². The van der Waals surface area contributed by atoms with Gasteiger partial charge in [-0.15, -0.1) is 0 Å². The van der Waals surface area contributed by atoms with E-state index < -0.39 is 69.3 Å². The molecule has 1 aliphatic carbocycles. The molecule has 5 atom stereocenters. The van der Waals surface area contributed by atoms with E-state index >= 15 is 0 Å². The van der Waals surface area contributed by atoms with Gasteiger partial charge < -0.3 is 34.6 Å². The number of rotatable bonds is 9. The summed E-state index contributed by atoms with van der Waals surface area (Å²) in [7, 11) is -1.61. The SMILES string of the molecule is CC(C)n1c(O[C@@H]2C[C@H]3C(=O)N[C@]4(C(=O)NS(=O)(=O)N(C)C)C[C@@H]4/C=C\CCCCC[C@H](NC(=O)OC(C)(C)C)C(=O)N3C2)nc2c(-c3cnc(N4CCOCC4)cn3)cccc21. The van der Waals surface area contributed by atoms with Crippen LogP contribution in [0, 0.1) is 5.92 Å². The molecule has 5 heterocycles. The van der Waals surface area contributed by atoms with Gasteiger partial charge in [0.25, 0.3) is 11.9 Å². The molecule has 20 heteroatoms. The second kappa shape index (κ2) is 18.4. The zero-order valence-corrected chi connectivity index (χ0v) is 37.9. The van der Waals surface area contributed by atoms with E-state index in [2.05, 4.69) is 20.3 Å². The lowest BCUT2D eigenvalue weighted by molar-refractivity contribution is -0.141. The van der Waals surface area contributed by atoms with Gasteiger partial charge >= 0.3 is 16.3 Å². The van der Waals surface area contributed by atoms with Gasteiger partial charge in [0, 0.05) is 51.1 Å².